The second-order valence-electron chi connectivity index (χ2n) is 5.20. The first-order valence-corrected chi connectivity index (χ1v) is 8.26. The number of nitro groups is 1. The van der Waals surface area contributed by atoms with Gasteiger partial charge in [-0.05, 0) is 32.4 Å². The third kappa shape index (κ3) is 7.30. The summed E-state index contributed by atoms with van der Waals surface area (Å²) < 4.78 is 10.2. The summed E-state index contributed by atoms with van der Waals surface area (Å²) in [6.07, 6.45) is 0.733. The fourth-order valence-corrected chi connectivity index (χ4v) is 2.18. The molecule has 0 aromatic heterocycles. The first-order chi connectivity index (χ1) is 12.0. The van der Waals surface area contributed by atoms with Gasteiger partial charge in [-0.3, -0.25) is 19.7 Å². The van der Waals surface area contributed by atoms with Crippen LogP contribution in [0.25, 0.3) is 0 Å². The maximum atomic E-state index is 12.6. The van der Waals surface area contributed by atoms with Crippen LogP contribution in [0, 0.1) is 10.1 Å². The van der Waals surface area contributed by atoms with Crippen LogP contribution in [0.3, 0.4) is 0 Å². The Morgan fingerprint density at radius 3 is 2.36 bits per heavy atom. The Labute approximate surface area is 146 Å². The van der Waals surface area contributed by atoms with Crippen molar-refractivity contribution in [3.05, 3.63) is 39.9 Å². The number of benzene rings is 1. The van der Waals surface area contributed by atoms with Crippen LogP contribution in [-0.4, -0.2) is 54.6 Å². The molecular weight excluding hydrogens is 328 g/mol. The van der Waals surface area contributed by atoms with E-state index in [2.05, 4.69) is 0 Å². The topological polar surface area (TPSA) is 99.0 Å². The molecule has 0 radical (unpaired) electrons. The number of esters is 1. The Balaban J connectivity index is 2.75. The van der Waals surface area contributed by atoms with E-state index in [4.69, 9.17) is 9.47 Å². The van der Waals surface area contributed by atoms with E-state index in [1.165, 1.54) is 29.2 Å². The summed E-state index contributed by atoms with van der Waals surface area (Å²) in [6, 6.07) is 5.41. The highest BCUT2D eigenvalue weighted by Gasteiger charge is 2.18. The number of nitrogens with zero attached hydrogens (tertiary/aromatic N) is 2. The largest absolute Gasteiger partial charge is 0.466 e. The van der Waals surface area contributed by atoms with Gasteiger partial charge in [-0.2, -0.15) is 0 Å². The third-order valence-electron chi connectivity index (χ3n) is 3.42. The smallest absolute Gasteiger partial charge is 0.307 e. The zero-order valence-electron chi connectivity index (χ0n) is 14.6. The molecule has 25 heavy (non-hydrogen) atoms. The summed E-state index contributed by atoms with van der Waals surface area (Å²) in [5.74, 6) is -0.649. The van der Waals surface area contributed by atoms with Crippen molar-refractivity contribution >= 4 is 17.6 Å². The van der Waals surface area contributed by atoms with Gasteiger partial charge in [0.15, 0.2) is 0 Å². The number of carbonyl (C=O) groups is 2. The quantitative estimate of drug-likeness (QED) is 0.262. The normalized spacial score (nSPS) is 10.3. The zero-order valence-corrected chi connectivity index (χ0v) is 14.6. The van der Waals surface area contributed by atoms with Gasteiger partial charge in [0.2, 0.25) is 0 Å². The van der Waals surface area contributed by atoms with Gasteiger partial charge in [0.25, 0.3) is 11.6 Å². The minimum absolute atomic E-state index is 0.0778. The summed E-state index contributed by atoms with van der Waals surface area (Å²) in [5, 5.41) is 10.7. The van der Waals surface area contributed by atoms with Crippen LogP contribution < -0.4 is 0 Å². The maximum Gasteiger partial charge on any atom is 0.307 e. The lowest BCUT2D eigenvalue weighted by Crippen LogP contribution is -2.34. The van der Waals surface area contributed by atoms with Crippen LogP contribution >= 0.6 is 0 Å². The first kappa shape index (κ1) is 20.6. The number of hydrogen-bond donors (Lipinski definition) is 0. The van der Waals surface area contributed by atoms with E-state index < -0.39 is 4.92 Å². The molecule has 1 rings (SSSR count). The SMILES string of the molecule is CCOCCCN(CCC(=O)OCC)C(=O)c1ccc([N+](=O)[O-])cc1. The van der Waals surface area contributed by atoms with E-state index in [1.54, 1.807) is 6.92 Å². The molecule has 0 aliphatic rings. The number of ether oxygens (including phenoxy) is 2. The van der Waals surface area contributed by atoms with Gasteiger partial charge >= 0.3 is 5.97 Å². The van der Waals surface area contributed by atoms with Gasteiger partial charge in [0.1, 0.15) is 0 Å². The lowest BCUT2D eigenvalue weighted by molar-refractivity contribution is -0.384. The molecule has 0 saturated carbocycles. The average molecular weight is 352 g/mol. The van der Waals surface area contributed by atoms with Crippen LogP contribution in [0.5, 0.6) is 0 Å². The average Bonchev–Trinajstić information content (AvgIpc) is 2.61. The lowest BCUT2D eigenvalue weighted by atomic mass is 10.1. The van der Waals surface area contributed by atoms with Crippen molar-refractivity contribution in [1.82, 2.24) is 4.90 Å². The molecule has 0 aliphatic carbocycles. The monoisotopic (exact) mass is 352 g/mol. The number of nitro benzene ring substituents is 1. The van der Waals surface area contributed by atoms with Gasteiger partial charge < -0.3 is 14.4 Å². The molecule has 0 bridgehead atoms. The van der Waals surface area contributed by atoms with Crippen molar-refractivity contribution in [2.75, 3.05) is 32.9 Å². The molecule has 0 saturated heterocycles. The van der Waals surface area contributed by atoms with Crippen LogP contribution in [0.4, 0.5) is 5.69 Å². The van der Waals surface area contributed by atoms with Crippen LogP contribution in [0.2, 0.25) is 0 Å². The van der Waals surface area contributed by atoms with Gasteiger partial charge in [0.05, 0.1) is 18.0 Å². The Bertz CT molecular complexity index is 573. The first-order valence-electron chi connectivity index (χ1n) is 8.26. The van der Waals surface area contributed by atoms with Crippen molar-refractivity contribution in [3.8, 4) is 0 Å². The lowest BCUT2D eigenvalue weighted by Gasteiger charge is -2.22. The zero-order chi connectivity index (χ0) is 18.7. The number of amides is 1. The van der Waals surface area contributed by atoms with Crippen LogP contribution in [0.1, 0.15) is 37.0 Å². The Morgan fingerprint density at radius 2 is 1.80 bits per heavy atom. The second kappa shape index (κ2) is 11.1. The number of rotatable bonds is 11. The fourth-order valence-electron chi connectivity index (χ4n) is 2.18. The van der Waals surface area contributed by atoms with Crippen molar-refractivity contribution in [2.24, 2.45) is 0 Å². The summed E-state index contributed by atoms with van der Waals surface area (Å²) in [6.45, 7) is 5.66. The highest BCUT2D eigenvalue weighted by Crippen LogP contribution is 2.14. The van der Waals surface area contributed by atoms with E-state index in [0.717, 1.165) is 0 Å². The Morgan fingerprint density at radius 1 is 1.12 bits per heavy atom. The van der Waals surface area contributed by atoms with E-state index in [9.17, 15) is 19.7 Å². The predicted molar refractivity (Wildman–Crippen MR) is 91.4 cm³/mol. The summed E-state index contributed by atoms with van der Waals surface area (Å²) in [5.41, 5.74) is 0.261. The molecule has 0 N–H and O–H groups in total. The third-order valence-corrected chi connectivity index (χ3v) is 3.42. The molecule has 1 aromatic rings. The molecule has 1 amide bonds. The molecule has 1 aromatic carbocycles. The van der Waals surface area contributed by atoms with Crippen LogP contribution in [0.15, 0.2) is 24.3 Å². The van der Waals surface area contributed by atoms with E-state index in [-0.39, 0.29) is 30.5 Å². The molecule has 8 heteroatoms. The molecule has 0 heterocycles. The molecule has 138 valence electrons. The highest BCUT2D eigenvalue weighted by molar-refractivity contribution is 5.94. The number of non-ortho nitro benzene ring substituents is 1. The number of carbonyl (C=O) groups excluding carboxylic acids is 2. The highest BCUT2D eigenvalue weighted by atomic mass is 16.6. The minimum atomic E-state index is -0.519. The van der Waals surface area contributed by atoms with Crippen molar-refractivity contribution < 1.29 is 24.0 Å². The minimum Gasteiger partial charge on any atom is -0.466 e. The molecular formula is C17H24N2O6. The van der Waals surface area contributed by atoms with Crippen LogP contribution in [-0.2, 0) is 14.3 Å². The van der Waals surface area contributed by atoms with Crippen molar-refractivity contribution in [2.45, 2.75) is 26.7 Å². The molecule has 8 nitrogen and oxygen atoms in total. The number of hydrogen-bond acceptors (Lipinski definition) is 6. The Hall–Kier alpha value is -2.48. The molecule has 0 atom stereocenters. The van der Waals surface area contributed by atoms with Crippen molar-refractivity contribution in [1.29, 1.82) is 0 Å². The fraction of sp³-hybridized carbons (Fsp3) is 0.529. The summed E-state index contributed by atoms with van der Waals surface area (Å²) in [7, 11) is 0. The van der Waals surface area contributed by atoms with Gasteiger partial charge in [0, 0.05) is 44.0 Å². The standard InChI is InChI=1S/C17H24N2O6/c1-3-24-13-5-11-18(12-10-16(20)25-4-2)17(21)14-6-8-15(9-7-14)19(22)23/h6-9H,3-5,10-13H2,1-2H3. The molecule has 0 unspecified atom stereocenters. The summed E-state index contributed by atoms with van der Waals surface area (Å²) >= 11 is 0. The predicted octanol–water partition coefficient (Wildman–Crippen LogP) is 2.42. The van der Waals surface area contributed by atoms with Gasteiger partial charge in [-0.25, -0.2) is 0 Å². The maximum absolute atomic E-state index is 12.6. The van der Waals surface area contributed by atoms with Crippen molar-refractivity contribution in [3.63, 3.8) is 0 Å². The van der Waals surface area contributed by atoms with Gasteiger partial charge in [-0.15, -0.1) is 0 Å². The molecule has 0 aliphatic heterocycles. The summed E-state index contributed by atoms with van der Waals surface area (Å²) in [4.78, 5) is 35.9. The molecule has 0 fully saturated rings. The van der Waals surface area contributed by atoms with E-state index in [1.807, 2.05) is 6.92 Å². The Kier molecular flexibility index (Phi) is 9.16. The second-order valence-corrected chi connectivity index (χ2v) is 5.20. The molecule has 0 spiro atoms. The van der Waals surface area contributed by atoms with Gasteiger partial charge in [-0.1, -0.05) is 0 Å². The van der Waals surface area contributed by atoms with E-state index >= 15 is 0 Å². The van der Waals surface area contributed by atoms with E-state index in [0.29, 0.717) is 38.3 Å².